The third-order valence-corrected chi connectivity index (χ3v) is 6.39. The summed E-state index contributed by atoms with van der Waals surface area (Å²) in [5.74, 6) is 0.859. The van der Waals surface area contributed by atoms with Gasteiger partial charge in [0.1, 0.15) is 0 Å². The molecule has 2 N–H and O–H groups in total. The van der Waals surface area contributed by atoms with E-state index in [0.717, 1.165) is 6.54 Å². The lowest BCUT2D eigenvalue weighted by Crippen LogP contribution is -2.67. The number of rotatable bonds is 7. The summed E-state index contributed by atoms with van der Waals surface area (Å²) >= 11 is 0. The van der Waals surface area contributed by atoms with Crippen molar-refractivity contribution in [3.63, 3.8) is 0 Å². The van der Waals surface area contributed by atoms with Gasteiger partial charge in [0.25, 0.3) is 5.91 Å². The Morgan fingerprint density at radius 2 is 1.89 bits per heavy atom. The third kappa shape index (κ3) is 3.96. The van der Waals surface area contributed by atoms with Crippen molar-refractivity contribution in [1.29, 1.82) is 0 Å². The first-order valence-electron chi connectivity index (χ1n) is 10.4. The maximum atomic E-state index is 12.5. The molecule has 4 rings (SSSR count). The molecule has 5 nitrogen and oxygen atoms in total. The number of pyridine rings is 1. The highest BCUT2D eigenvalue weighted by atomic mass is 16.3. The molecule has 28 heavy (non-hydrogen) atoms. The van der Waals surface area contributed by atoms with E-state index in [1.54, 1.807) is 24.5 Å². The number of nitrogens with one attached hydrogen (secondary N) is 1. The molecule has 1 aromatic carbocycles. The third-order valence-electron chi connectivity index (χ3n) is 6.39. The van der Waals surface area contributed by atoms with Crippen LogP contribution in [0.2, 0.25) is 0 Å². The molecule has 0 unspecified atom stereocenters. The Bertz CT molecular complexity index is 762. The highest BCUT2D eigenvalue weighted by Crippen LogP contribution is 2.42. The van der Waals surface area contributed by atoms with E-state index in [0.29, 0.717) is 18.0 Å². The Balaban J connectivity index is 1.49. The fraction of sp³-hybridized carbons (Fsp3) is 0.478. The Kier molecular flexibility index (Phi) is 6.03. The molecule has 1 saturated carbocycles. The number of carbonyl (C=O) groups is 1. The van der Waals surface area contributed by atoms with Crippen LogP contribution in [0.3, 0.4) is 0 Å². The first-order valence-corrected chi connectivity index (χ1v) is 10.4. The lowest BCUT2D eigenvalue weighted by Gasteiger charge is -2.56. The Morgan fingerprint density at radius 3 is 2.57 bits per heavy atom. The summed E-state index contributed by atoms with van der Waals surface area (Å²) in [5.41, 5.74) is 1.82. The first kappa shape index (κ1) is 19.1. The Hall–Kier alpha value is -2.24. The minimum Gasteiger partial charge on any atom is -0.395 e. The van der Waals surface area contributed by atoms with Gasteiger partial charge in [-0.3, -0.25) is 14.7 Å². The van der Waals surface area contributed by atoms with E-state index < -0.39 is 0 Å². The van der Waals surface area contributed by atoms with Crippen molar-refractivity contribution < 1.29 is 9.90 Å². The summed E-state index contributed by atoms with van der Waals surface area (Å²) in [6, 6.07) is 14.3. The van der Waals surface area contributed by atoms with Crippen LogP contribution in [0.5, 0.6) is 0 Å². The number of hydrogen-bond donors (Lipinski definition) is 2. The molecule has 2 aromatic rings. The molecule has 5 heteroatoms. The second-order valence-corrected chi connectivity index (χ2v) is 8.05. The van der Waals surface area contributed by atoms with Crippen LogP contribution in [0.1, 0.15) is 47.5 Å². The van der Waals surface area contributed by atoms with Crippen molar-refractivity contribution in [2.24, 2.45) is 5.92 Å². The van der Waals surface area contributed by atoms with Gasteiger partial charge in [0.2, 0.25) is 0 Å². The second kappa shape index (κ2) is 8.84. The summed E-state index contributed by atoms with van der Waals surface area (Å²) in [4.78, 5) is 19.0. The van der Waals surface area contributed by atoms with Gasteiger partial charge in [0.15, 0.2) is 0 Å². The fourth-order valence-corrected chi connectivity index (χ4v) is 4.95. The molecule has 0 radical (unpaired) electrons. The molecule has 2 heterocycles. The number of nitrogens with zero attached hydrogens (tertiary/aromatic N) is 2. The zero-order valence-electron chi connectivity index (χ0n) is 16.2. The van der Waals surface area contributed by atoms with Crippen molar-refractivity contribution in [3.05, 3.63) is 66.0 Å². The molecule has 1 saturated heterocycles. The lowest BCUT2D eigenvalue weighted by molar-refractivity contribution is -0.0506. The molecule has 0 spiro atoms. The Labute approximate surface area is 166 Å². The fourth-order valence-electron chi connectivity index (χ4n) is 4.95. The predicted molar refractivity (Wildman–Crippen MR) is 109 cm³/mol. The van der Waals surface area contributed by atoms with Crippen LogP contribution in [0, 0.1) is 5.92 Å². The molecule has 148 valence electrons. The van der Waals surface area contributed by atoms with Crippen LogP contribution in [0.25, 0.3) is 0 Å². The molecule has 1 aliphatic carbocycles. The van der Waals surface area contributed by atoms with Crippen molar-refractivity contribution in [1.82, 2.24) is 15.2 Å². The molecule has 3 atom stereocenters. The number of likely N-dealkylation sites (tertiary alicyclic amines) is 1. The van der Waals surface area contributed by atoms with Gasteiger partial charge in [-0.1, -0.05) is 43.2 Å². The molecule has 2 aliphatic rings. The van der Waals surface area contributed by atoms with E-state index in [9.17, 15) is 9.90 Å². The molecule has 2 fully saturated rings. The van der Waals surface area contributed by atoms with Gasteiger partial charge in [-0.25, -0.2) is 0 Å². The quantitative estimate of drug-likeness (QED) is 0.776. The maximum Gasteiger partial charge on any atom is 0.252 e. The molecular formula is C23H29N3O2. The maximum absolute atomic E-state index is 12.5. The van der Waals surface area contributed by atoms with E-state index >= 15 is 0 Å². The largest absolute Gasteiger partial charge is 0.395 e. The van der Waals surface area contributed by atoms with Crippen molar-refractivity contribution in [2.75, 3.05) is 19.7 Å². The summed E-state index contributed by atoms with van der Waals surface area (Å²) < 4.78 is 0. The molecular weight excluding hydrogens is 350 g/mol. The number of benzene rings is 1. The summed E-state index contributed by atoms with van der Waals surface area (Å²) in [5, 5.41) is 13.2. The van der Waals surface area contributed by atoms with Crippen LogP contribution in [0.4, 0.5) is 0 Å². The van der Waals surface area contributed by atoms with Gasteiger partial charge >= 0.3 is 0 Å². The van der Waals surface area contributed by atoms with Gasteiger partial charge in [0.05, 0.1) is 12.2 Å². The van der Waals surface area contributed by atoms with Crippen LogP contribution >= 0.6 is 0 Å². The molecule has 1 amide bonds. The average molecular weight is 380 g/mol. The molecule has 1 aromatic heterocycles. The van der Waals surface area contributed by atoms with Crippen LogP contribution < -0.4 is 5.32 Å². The summed E-state index contributed by atoms with van der Waals surface area (Å²) in [6.07, 6.45) is 8.44. The van der Waals surface area contributed by atoms with Gasteiger partial charge in [-0.15, -0.1) is 0 Å². The van der Waals surface area contributed by atoms with Gasteiger partial charge in [-0.05, 0) is 36.5 Å². The highest BCUT2D eigenvalue weighted by molar-refractivity contribution is 5.93. The van der Waals surface area contributed by atoms with Crippen molar-refractivity contribution in [2.45, 2.75) is 43.7 Å². The number of aliphatic hydroxyl groups is 1. The molecule has 0 bridgehead atoms. The highest BCUT2D eigenvalue weighted by Gasteiger charge is 2.49. The zero-order valence-corrected chi connectivity index (χ0v) is 16.2. The van der Waals surface area contributed by atoms with Crippen LogP contribution in [0.15, 0.2) is 54.9 Å². The number of carbonyl (C=O) groups excluding carboxylic acids is 1. The normalized spacial score (nSPS) is 25.4. The zero-order chi connectivity index (χ0) is 19.3. The van der Waals surface area contributed by atoms with E-state index in [-0.39, 0.29) is 30.5 Å². The second-order valence-electron chi connectivity index (χ2n) is 8.05. The topological polar surface area (TPSA) is 65.5 Å². The van der Waals surface area contributed by atoms with E-state index in [4.69, 9.17) is 0 Å². The van der Waals surface area contributed by atoms with Crippen molar-refractivity contribution >= 4 is 5.91 Å². The minimum absolute atomic E-state index is 0.0897. The van der Waals surface area contributed by atoms with E-state index in [1.807, 2.05) is 6.07 Å². The van der Waals surface area contributed by atoms with Gasteiger partial charge in [0, 0.05) is 43.5 Å². The average Bonchev–Trinajstić information content (AvgIpc) is 3.25. The monoisotopic (exact) mass is 379 g/mol. The number of hydrogen-bond acceptors (Lipinski definition) is 4. The van der Waals surface area contributed by atoms with Gasteiger partial charge < -0.3 is 10.4 Å². The summed E-state index contributed by atoms with van der Waals surface area (Å²) in [7, 11) is 0. The standard InChI is InChI=1S/C23H29N3O2/c27-16-21-22(18-9-2-1-3-10-18)20(26(21)15-17-7-4-5-8-17)14-25-23(28)19-11-6-12-24-13-19/h1-3,6,9-13,17,20-22,27H,4-5,7-8,14-16H2,(H,25,28)/t20-,21+,22+/m0/s1. The van der Waals surface area contributed by atoms with E-state index in [2.05, 4.69) is 39.5 Å². The van der Waals surface area contributed by atoms with Crippen LogP contribution in [-0.2, 0) is 0 Å². The SMILES string of the molecule is O=C(NC[C@H]1[C@@H](c2ccccc2)[C@@H](CO)N1CC1CCCC1)c1cccnc1. The molecule has 1 aliphatic heterocycles. The number of amides is 1. The first-order chi connectivity index (χ1) is 13.8. The lowest BCUT2D eigenvalue weighted by atomic mass is 9.74. The minimum atomic E-state index is -0.0897. The van der Waals surface area contributed by atoms with Crippen LogP contribution in [-0.4, -0.2) is 52.7 Å². The van der Waals surface area contributed by atoms with E-state index in [1.165, 1.54) is 31.2 Å². The van der Waals surface area contributed by atoms with Crippen molar-refractivity contribution in [3.8, 4) is 0 Å². The summed E-state index contributed by atoms with van der Waals surface area (Å²) in [6.45, 7) is 1.75. The smallest absolute Gasteiger partial charge is 0.252 e. The predicted octanol–water partition coefficient (Wildman–Crippen LogP) is 2.83. The van der Waals surface area contributed by atoms with Gasteiger partial charge in [-0.2, -0.15) is 0 Å². The Morgan fingerprint density at radius 1 is 1.11 bits per heavy atom. The number of aromatic nitrogens is 1. The number of aliphatic hydroxyl groups excluding tert-OH is 1.